The quantitative estimate of drug-likeness (QED) is 0.562. The van der Waals surface area contributed by atoms with Crippen LogP contribution in [0.1, 0.15) is 28.8 Å². The molecule has 0 aliphatic heterocycles. The zero-order valence-corrected chi connectivity index (χ0v) is 13.7. The van der Waals surface area contributed by atoms with E-state index in [1.54, 1.807) is 24.3 Å². The lowest BCUT2D eigenvalue weighted by molar-refractivity contribution is 0.0961. The second-order valence-electron chi connectivity index (χ2n) is 5.17. The molecule has 0 saturated heterocycles. The molecule has 0 aromatic heterocycles. The lowest BCUT2D eigenvalue weighted by Crippen LogP contribution is -2.40. The third kappa shape index (κ3) is 5.79. The predicted octanol–water partition coefficient (Wildman–Crippen LogP) is 3.44. The van der Waals surface area contributed by atoms with E-state index in [0.29, 0.717) is 17.0 Å². The number of amides is 3. The maximum atomic E-state index is 11.9. The van der Waals surface area contributed by atoms with Gasteiger partial charge in [0.1, 0.15) is 0 Å². The molecule has 0 atom stereocenters. The van der Waals surface area contributed by atoms with Gasteiger partial charge in [-0.1, -0.05) is 42.5 Å². The summed E-state index contributed by atoms with van der Waals surface area (Å²) in [6.07, 6.45) is 2.83. The van der Waals surface area contributed by atoms with Crippen LogP contribution in [-0.4, -0.2) is 18.5 Å². The molecule has 2 rings (SSSR count). The first kappa shape index (κ1) is 17.1. The summed E-state index contributed by atoms with van der Waals surface area (Å²) in [4.78, 5) is 24.2. The van der Waals surface area contributed by atoms with Crippen LogP contribution in [0.4, 0.5) is 4.79 Å². The minimum absolute atomic E-state index is 0.384. The molecular formula is C18H20N2O2S. The van der Waals surface area contributed by atoms with Crippen molar-refractivity contribution in [2.24, 2.45) is 0 Å². The number of carbonyl (C=O) groups is 2. The smallest absolute Gasteiger partial charge is 0.321 e. The molecule has 0 spiro atoms. The highest BCUT2D eigenvalue weighted by molar-refractivity contribution is 7.80. The first-order valence-electron chi connectivity index (χ1n) is 7.58. The molecule has 0 heterocycles. The molecule has 0 bridgehead atoms. The van der Waals surface area contributed by atoms with E-state index in [2.05, 4.69) is 35.4 Å². The summed E-state index contributed by atoms with van der Waals surface area (Å²) in [5.74, 6) is -0.447. The largest absolute Gasteiger partial charge is 0.338 e. The van der Waals surface area contributed by atoms with E-state index in [4.69, 9.17) is 0 Å². The highest BCUT2D eigenvalue weighted by Gasteiger charge is 2.11. The zero-order chi connectivity index (χ0) is 16.5. The van der Waals surface area contributed by atoms with Crippen LogP contribution in [-0.2, 0) is 6.42 Å². The first-order chi connectivity index (χ1) is 11.2. The second kappa shape index (κ2) is 9.00. The standard InChI is InChI=1S/C18H20N2O2S/c21-17(15-11-4-5-12-16(15)23)20-18(22)19-13-7-6-10-14-8-2-1-3-9-14/h1-5,8-9,11-12,23H,6-7,10,13H2,(H2,19,20,21,22). The second-order valence-corrected chi connectivity index (χ2v) is 5.65. The van der Waals surface area contributed by atoms with E-state index in [9.17, 15) is 9.59 Å². The molecule has 0 saturated carbocycles. The van der Waals surface area contributed by atoms with Crippen LogP contribution in [0, 0.1) is 0 Å². The molecule has 23 heavy (non-hydrogen) atoms. The maximum Gasteiger partial charge on any atom is 0.321 e. The van der Waals surface area contributed by atoms with Crippen molar-refractivity contribution in [3.8, 4) is 0 Å². The highest BCUT2D eigenvalue weighted by atomic mass is 32.1. The topological polar surface area (TPSA) is 58.2 Å². The Kier molecular flexibility index (Phi) is 6.69. The summed E-state index contributed by atoms with van der Waals surface area (Å²) in [5, 5.41) is 5.00. The van der Waals surface area contributed by atoms with Crippen molar-refractivity contribution in [2.45, 2.75) is 24.2 Å². The number of thiol groups is 1. The molecule has 2 aromatic carbocycles. The van der Waals surface area contributed by atoms with Gasteiger partial charge in [-0.2, -0.15) is 0 Å². The summed E-state index contributed by atoms with van der Waals surface area (Å²) in [6.45, 7) is 0.536. The first-order valence-corrected chi connectivity index (χ1v) is 8.02. The molecule has 0 unspecified atom stereocenters. The van der Waals surface area contributed by atoms with E-state index < -0.39 is 11.9 Å². The molecule has 2 N–H and O–H groups in total. The van der Waals surface area contributed by atoms with E-state index in [1.165, 1.54) is 5.56 Å². The van der Waals surface area contributed by atoms with Gasteiger partial charge in [-0.05, 0) is 37.0 Å². The molecule has 0 fully saturated rings. The Labute approximate surface area is 141 Å². The third-order valence-corrected chi connectivity index (χ3v) is 3.79. The number of hydrogen-bond acceptors (Lipinski definition) is 3. The van der Waals surface area contributed by atoms with Crippen molar-refractivity contribution < 1.29 is 9.59 Å². The van der Waals surface area contributed by atoms with Crippen LogP contribution < -0.4 is 10.6 Å². The van der Waals surface area contributed by atoms with E-state index >= 15 is 0 Å². The van der Waals surface area contributed by atoms with Gasteiger partial charge in [0.15, 0.2) is 0 Å². The van der Waals surface area contributed by atoms with E-state index in [-0.39, 0.29) is 0 Å². The van der Waals surface area contributed by atoms with Gasteiger partial charge >= 0.3 is 6.03 Å². The monoisotopic (exact) mass is 328 g/mol. The Hall–Kier alpha value is -2.27. The zero-order valence-electron chi connectivity index (χ0n) is 12.8. The van der Waals surface area contributed by atoms with Gasteiger partial charge in [-0.25, -0.2) is 4.79 Å². The molecule has 2 aromatic rings. The van der Waals surface area contributed by atoms with Gasteiger partial charge < -0.3 is 5.32 Å². The van der Waals surface area contributed by atoms with Crippen molar-refractivity contribution >= 4 is 24.6 Å². The number of imide groups is 1. The fraction of sp³-hybridized carbons (Fsp3) is 0.222. The van der Waals surface area contributed by atoms with Gasteiger partial charge in [0.05, 0.1) is 5.56 Å². The van der Waals surface area contributed by atoms with Crippen molar-refractivity contribution in [2.75, 3.05) is 6.54 Å². The van der Waals surface area contributed by atoms with Gasteiger partial charge in [0, 0.05) is 11.4 Å². The average molecular weight is 328 g/mol. The van der Waals surface area contributed by atoms with Crippen molar-refractivity contribution in [1.29, 1.82) is 0 Å². The van der Waals surface area contributed by atoms with Crippen LogP contribution >= 0.6 is 12.6 Å². The minimum Gasteiger partial charge on any atom is -0.338 e. The molecule has 3 amide bonds. The number of aryl methyl sites for hydroxylation is 1. The molecule has 0 radical (unpaired) electrons. The van der Waals surface area contributed by atoms with Gasteiger partial charge in [0.2, 0.25) is 0 Å². The number of rotatable bonds is 6. The Morgan fingerprint density at radius 2 is 1.61 bits per heavy atom. The number of carbonyl (C=O) groups excluding carboxylic acids is 2. The summed E-state index contributed by atoms with van der Waals surface area (Å²) >= 11 is 4.20. The predicted molar refractivity (Wildman–Crippen MR) is 93.9 cm³/mol. The van der Waals surface area contributed by atoms with Crippen molar-refractivity contribution in [3.63, 3.8) is 0 Å². The van der Waals surface area contributed by atoms with Gasteiger partial charge in [-0.3, -0.25) is 10.1 Å². The van der Waals surface area contributed by atoms with Crippen LogP contribution in [0.25, 0.3) is 0 Å². The fourth-order valence-corrected chi connectivity index (χ4v) is 2.44. The Balaban J connectivity index is 1.65. The van der Waals surface area contributed by atoms with E-state index in [0.717, 1.165) is 19.3 Å². The van der Waals surface area contributed by atoms with Crippen LogP contribution in [0.5, 0.6) is 0 Å². The normalized spacial score (nSPS) is 10.1. The van der Waals surface area contributed by atoms with Crippen LogP contribution in [0.3, 0.4) is 0 Å². The SMILES string of the molecule is O=C(NCCCCc1ccccc1)NC(=O)c1ccccc1S. The maximum absolute atomic E-state index is 11.9. The Morgan fingerprint density at radius 3 is 2.35 bits per heavy atom. The lowest BCUT2D eigenvalue weighted by Gasteiger charge is -2.08. The Bertz CT molecular complexity index is 659. The van der Waals surface area contributed by atoms with Crippen LogP contribution in [0.15, 0.2) is 59.5 Å². The molecule has 120 valence electrons. The minimum atomic E-state index is -0.480. The number of urea groups is 1. The summed E-state index contributed by atoms with van der Waals surface area (Å²) in [5.41, 5.74) is 1.67. The molecule has 4 nitrogen and oxygen atoms in total. The van der Waals surface area contributed by atoms with E-state index in [1.807, 2.05) is 18.2 Å². The summed E-state index contributed by atoms with van der Waals surface area (Å²) in [7, 11) is 0. The molecular weight excluding hydrogens is 308 g/mol. The third-order valence-electron chi connectivity index (χ3n) is 3.40. The molecule has 5 heteroatoms. The summed E-state index contributed by atoms with van der Waals surface area (Å²) < 4.78 is 0. The number of unbranched alkanes of at least 4 members (excludes halogenated alkanes) is 1. The molecule has 0 aliphatic carbocycles. The number of benzene rings is 2. The average Bonchev–Trinajstić information content (AvgIpc) is 2.56. The van der Waals surface area contributed by atoms with Crippen LogP contribution in [0.2, 0.25) is 0 Å². The lowest BCUT2D eigenvalue weighted by atomic mass is 10.1. The number of hydrogen-bond donors (Lipinski definition) is 3. The van der Waals surface area contributed by atoms with Crippen molar-refractivity contribution in [1.82, 2.24) is 10.6 Å². The van der Waals surface area contributed by atoms with Gasteiger partial charge in [0.25, 0.3) is 5.91 Å². The van der Waals surface area contributed by atoms with Crippen molar-refractivity contribution in [3.05, 3.63) is 65.7 Å². The highest BCUT2D eigenvalue weighted by Crippen LogP contribution is 2.12. The van der Waals surface area contributed by atoms with Gasteiger partial charge in [-0.15, -0.1) is 12.6 Å². The molecule has 0 aliphatic rings. The number of nitrogens with one attached hydrogen (secondary N) is 2. The summed E-state index contributed by atoms with van der Waals surface area (Å²) in [6, 6.07) is 16.6. The fourth-order valence-electron chi connectivity index (χ4n) is 2.18. The Morgan fingerprint density at radius 1 is 0.913 bits per heavy atom.